The van der Waals surface area contributed by atoms with Crippen LogP contribution < -0.4 is 18.9 Å². The second kappa shape index (κ2) is 8.44. The zero-order chi connectivity index (χ0) is 23.8. The third kappa shape index (κ3) is 3.67. The monoisotopic (exact) mass is 456 g/mol. The molecule has 1 aromatic heterocycles. The largest absolute Gasteiger partial charge is 0.497 e. The lowest BCUT2D eigenvalue weighted by atomic mass is 10.1. The van der Waals surface area contributed by atoms with Crippen molar-refractivity contribution >= 4 is 28.8 Å². The van der Waals surface area contributed by atoms with Gasteiger partial charge in [-0.2, -0.15) is 0 Å². The molecule has 0 unspecified atom stereocenters. The number of Topliss-reactive ketones (excluding diaryl/α,β-unsaturated/α-hetero) is 1. The highest BCUT2D eigenvalue weighted by Crippen LogP contribution is 2.40. The number of para-hydroxylation sites is 1. The van der Waals surface area contributed by atoms with Gasteiger partial charge in [-0.3, -0.25) is 4.79 Å². The van der Waals surface area contributed by atoms with Gasteiger partial charge in [0, 0.05) is 16.5 Å². The molecule has 34 heavy (non-hydrogen) atoms. The minimum atomic E-state index is -0.638. The molecule has 1 aliphatic heterocycles. The SMILES string of the molecule is COc1ccc(OC)c(/C=C2\Oc3c(ccc(OC(=O)c4cc5ccccc5o4)c3C)C2=O)c1. The molecule has 0 bridgehead atoms. The summed E-state index contributed by atoms with van der Waals surface area (Å²) in [5.41, 5.74) is 2.13. The minimum absolute atomic E-state index is 0.0869. The van der Waals surface area contributed by atoms with E-state index in [4.69, 9.17) is 23.4 Å². The number of hydrogen-bond acceptors (Lipinski definition) is 7. The smallest absolute Gasteiger partial charge is 0.379 e. The van der Waals surface area contributed by atoms with Crippen LogP contribution in [-0.2, 0) is 0 Å². The Morgan fingerprint density at radius 2 is 1.74 bits per heavy atom. The maximum atomic E-state index is 13.0. The molecular formula is C27H20O7. The van der Waals surface area contributed by atoms with Crippen molar-refractivity contribution in [1.29, 1.82) is 0 Å². The molecule has 3 aromatic carbocycles. The number of hydrogen-bond donors (Lipinski definition) is 0. The minimum Gasteiger partial charge on any atom is -0.497 e. The van der Waals surface area contributed by atoms with Gasteiger partial charge in [-0.25, -0.2) is 4.79 Å². The Kier molecular flexibility index (Phi) is 5.30. The van der Waals surface area contributed by atoms with E-state index in [2.05, 4.69) is 0 Å². The number of carbonyl (C=O) groups is 2. The molecule has 7 nitrogen and oxygen atoms in total. The van der Waals surface area contributed by atoms with E-state index in [1.807, 2.05) is 18.2 Å². The number of ether oxygens (including phenoxy) is 4. The van der Waals surface area contributed by atoms with Gasteiger partial charge < -0.3 is 23.4 Å². The summed E-state index contributed by atoms with van der Waals surface area (Å²) < 4.78 is 27.7. The molecule has 170 valence electrons. The Morgan fingerprint density at radius 3 is 2.50 bits per heavy atom. The van der Waals surface area contributed by atoms with Crippen molar-refractivity contribution in [2.75, 3.05) is 14.2 Å². The fourth-order valence-corrected chi connectivity index (χ4v) is 3.80. The van der Waals surface area contributed by atoms with Crippen LogP contribution >= 0.6 is 0 Å². The van der Waals surface area contributed by atoms with Crippen LogP contribution in [0.3, 0.4) is 0 Å². The number of esters is 1. The third-order valence-corrected chi connectivity index (χ3v) is 5.59. The predicted octanol–water partition coefficient (Wildman–Crippen LogP) is 5.59. The first-order valence-corrected chi connectivity index (χ1v) is 10.5. The van der Waals surface area contributed by atoms with Gasteiger partial charge in [0.15, 0.2) is 5.76 Å². The molecule has 4 aromatic rings. The van der Waals surface area contributed by atoms with E-state index >= 15 is 0 Å². The summed E-state index contributed by atoms with van der Waals surface area (Å²) in [5.74, 6) is 1.10. The van der Waals surface area contributed by atoms with Crippen molar-refractivity contribution in [3.8, 4) is 23.0 Å². The summed E-state index contributed by atoms with van der Waals surface area (Å²) in [7, 11) is 3.10. The van der Waals surface area contributed by atoms with E-state index in [1.165, 1.54) is 0 Å². The summed E-state index contributed by atoms with van der Waals surface area (Å²) in [6, 6.07) is 17.4. The van der Waals surface area contributed by atoms with Crippen molar-refractivity contribution in [3.05, 3.63) is 88.9 Å². The highest BCUT2D eigenvalue weighted by molar-refractivity contribution is 6.15. The Balaban J connectivity index is 1.43. The zero-order valence-electron chi connectivity index (χ0n) is 18.7. The number of rotatable bonds is 5. The Morgan fingerprint density at radius 1 is 0.941 bits per heavy atom. The van der Waals surface area contributed by atoms with Crippen molar-refractivity contribution in [1.82, 2.24) is 0 Å². The van der Waals surface area contributed by atoms with Crippen LogP contribution in [0.4, 0.5) is 0 Å². The van der Waals surface area contributed by atoms with Gasteiger partial charge in [0.1, 0.15) is 28.6 Å². The molecule has 0 saturated carbocycles. The standard InChI is InChI=1S/C27H20O7/c1-15-20(34-27(29)24-13-16-6-4-5-7-22(16)32-24)11-9-19-25(28)23(33-26(15)19)14-17-12-18(30-2)8-10-21(17)31-3/h4-14H,1-3H3/b23-14-. The highest BCUT2D eigenvalue weighted by atomic mass is 16.5. The Labute approximate surface area is 195 Å². The summed E-state index contributed by atoms with van der Waals surface area (Å²) in [5, 5.41) is 0.803. The molecular weight excluding hydrogens is 436 g/mol. The summed E-state index contributed by atoms with van der Waals surface area (Å²) in [6.07, 6.45) is 1.60. The van der Waals surface area contributed by atoms with Crippen molar-refractivity contribution in [2.24, 2.45) is 0 Å². The first-order valence-electron chi connectivity index (χ1n) is 10.5. The number of fused-ring (bicyclic) bond motifs is 2. The lowest BCUT2D eigenvalue weighted by Gasteiger charge is -2.09. The van der Waals surface area contributed by atoms with Gasteiger partial charge in [-0.15, -0.1) is 0 Å². The molecule has 0 fully saturated rings. The fraction of sp³-hybridized carbons (Fsp3) is 0.111. The van der Waals surface area contributed by atoms with Gasteiger partial charge in [-0.05, 0) is 55.5 Å². The van der Waals surface area contributed by atoms with Crippen LogP contribution in [0, 0.1) is 6.92 Å². The Bertz CT molecular complexity index is 1440. The first kappa shape index (κ1) is 21.3. The van der Waals surface area contributed by atoms with Crippen LogP contribution in [0.15, 0.2) is 70.8 Å². The number of furan rings is 1. The summed E-state index contributed by atoms with van der Waals surface area (Å²) in [4.78, 5) is 25.6. The van der Waals surface area contributed by atoms with E-state index < -0.39 is 5.97 Å². The molecule has 0 saturated heterocycles. The second-order valence-corrected chi connectivity index (χ2v) is 7.65. The van der Waals surface area contributed by atoms with E-state index in [-0.39, 0.29) is 23.1 Å². The molecule has 0 radical (unpaired) electrons. The van der Waals surface area contributed by atoms with Gasteiger partial charge in [0.05, 0.1) is 19.8 Å². The van der Waals surface area contributed by atoms with Crippen LogP contribution in [0.2, 0.25) is 0 Å². The molecule has 0 atom stereocenters. The quantitative estimate of drug-likeness (QED) is 0.220. The average Bonchev–Trinajstić information content (AvgIpc) is 3.43. The first-order chi connectivity index (χ1) is 16.5. The zero-order valence-corrected chi connectivity index (χ0v) is 18.7. The van der Waals surface area contributed by atoms with Crippen LogP contribution in [0.1, 0.15) is 32.0 Å². The normalized spacial score (nSPS) is 13.6. The van der Waals surface area contributed by atoms with Crippen LogP contribution in [0.25, 0.3) is 17.0 Å². The van der Waals surface area contributed by atoms with E-state index in [9.17, 15) is 9.59 Å². The fourth-order valence-electron chi connectivity index (χ4n) is 3.80. The molecule has 5 rings (SSSR count). The predicted molar refractivity (Wildman–Crippen MR) is 125 cm³/mol. The highest BCUT2D eigenvalue weighted by Gasteiger charge is 2.31. The molecule has 0 aliphatic carbocycles. The summed E-state index contributed by atoms with van der Waals surface area (Å²) in [6.45, 7) is 1.72. The molecule has 2 heterocycles. The van der Waals surface area contributed by atoms with Crippen LogP contribution in [0.5, 0.6) is 23.0 Å². The van der Waals surface area contributed by atoms with E-state index in [0.717, 1.165) is 5.39 Å². The average molecular weight is 456 g/mol. The lowest BCUT2D eigenvalue weighted by Crippen LogP contribution is -2.08. The maximum Gasteiger partial charge on any atom is 0.379 e. The number of methoxy groups -OCH3 is 2. The lowest BCUT2D eigenvalue weighted by molar-refractivity contribution is 0.0702. The van der Waals surface area contributed by atoms with Crippen molar-refractivity contribution in [2.45, 2.75) is 6.92 Å². The molecule has 0 N–H and O–H groups in total. The van der Waals surface area contributed by atoms with Crippen LogP contribution in [-0.4, -0.2) is 26.0 Å². The van der Waals surface area contributed by atoms with Gasteiger partial charge in [0.25, 0.3) is 0 Å². The number of carbonyl (C=O) groups excluding carboxylic acids is 2. The van der Waals surface area contributed by atoms with E-state index in [0.29, 0.717) is 39.5 Å². The van der Waals surface area contributed by atoms with Gasteiger partial charge >= 0.3 is 5.97 Å². The summed E-state index contributed by atoms with van der Waals surface area (Å²) >= 11 is 0. The second-order valence-electron chi connectivity index (χ2n) is 7.65. The Hall–Kier alpha value is -4.52. The molecule has 0 amide bonds. The van der Waals surface area contributed by atoms with Crippen molar-refractivity contribution < 1.29 is 33.0 Å². The molecule has 1 aliphatic rings. The number of ketones is 1. The number of allylic oxidation sites excluding steroid dienone is 1. The molecule has 7 heteroatoms. The number of benzene rings is 3. The van der Waals surface area contributed by atoms with Crippen molar-refractivity contribution in [3.63, 3.8) is 0 Å². The van der Waals surface area contributed by atoms with Gasteiger partial charge in [0.2, 0.25) is 11.5 Å². The third-order valence-electron chi connectivity index (χ3n) is 5.59. The van der Waals surface area contributed by atoms with E-state index in [1.54, 1.807) is 69.7 Å². The topological polar surface area (TPSA) is 84.2 Å². The maximum absolute atomic E-state index is 13.0. The molecule has 0 spiro atoms. The van der Waals surface area contributed by atoms with Gasteiger partial charge in [-0.1, -0.05) is 18.2 Å².